The van der Waals surface area contributed by atoms with Crippen LogP contribution in [0, 0.1) is 0 Å². The van der Waals surface area contributed by atoms with E-state index in [0.717, 1.165) is 6.42 Å². The summed E-state index contributed by atoms with van der Waals surface area (Å²) in [5.74, 6) is 1.25. The lowest BCUT2D eigenvalue weighted by molar-refractivity contribution is 0.404. The molecule has 0 fully saturated rings. The summed E-state index contributed by atoms with van der Waals surface area (Å²) in [6.45, 7) is 4.07. The molecule has 1 rings (SSSR count). The van der Waals surface area contributed by atoms with Gasteiger partial charge in [-0.05, 0) is 6.42 Å². The largest absolute Gasteiger partial charge is 0.490 e. The number of nitrogens with zero attached hydrogens (tertiary/aromatic N) is 1. The maximum absolute atomic E-state index is 11.3. The molecule has 0 radical (unpaired) electrons. The molecule has 4 nitrogen and oxygen atoms in total. The van der Waals surface area contributed by atoms with Crippen LogP contribution in [-0.2, 0) is 0 Å². The van der Waals surface area contributed by atoms with Crippen LogP contribution in [0.3, 0.4) is 0 Å². The number of rotatable bonds is 3. The number of aromatic nitrogens is 2. The zero-order valence-corrected chi connectivity index (χ0v) is 8.13. The van der Waals surface area contributed by atoms with E-state index in [-0.39, 0.29) is 17.2 Å². The Kier molecular flexibility index (Phi) is 3.06. The first-order chi connectivity index (χ1) is 6.19. The van der Waals surface area contributed by atoms with Gasteiger partial charge in [0.25, 0.3) is 5.56 Å². The van der Waals surface area contributed by atoms with Crippen LogP contribution in [0.2, 0.25) is 0 Å². The average Bonchev–Trinajstić information content (AvgIpc) is 2.16. The number of H-pyrrole nitrogens is 1. The van der Waals surface area contributed by atoms with Crippen LogP contribution in [-0.4, -0.2) is 17.1 Å². The third-order valence-corrected chi connectivity index (χ3v) is 2.09. The van der Waals surface area contributed by atoms with E-state index in [9.17, 15) is 4.79 Å². The highest BCUT2D eigenvalue weighted by atomic mass is 16.5. The Morgan fingerprint density at radius 1 is 1.69 bits per heavy atom. The summed E-state index contributed by atoms with van der Waals surface area (Å²) in [5.41, 5.74) is -0.215. The number of aromatic amines is 1. The lowest BCUT2D eigenvalue weighted by Crippen LogP contribution is -2.14. The van der Waals surface area contributed by atoms with Gasteiger partial charge in [-0.3, -0.25) is 4.79 Å². The van der Waals surface area contributed by atoms with E-state index in [1.54, 1.807) is 0 Å². The average molecular weight is 182 g/mol. The fraction of sp³-hybridized carbons (Fsp3) is 0.556. The highest BCUT2D eigenvalue weighted by Gasteiger charge is 2.07. The van der Waals surface area contributed by atoms with E-state index in [2.05, 4.69) is 16.9 Å². The lowest BCUT2D eigenvalue weighted by atomic mass is 10.1. The van der Waals surface area contributed by atoms with Gasteiger partial charge in [-0.15, -0.1) is 0 Å². The minimum absolute atomic E-state index is 0.215. The molecule has 1 aromatic heterocycles. The zero-order chi connectivity index (χ0) is 9.84. The van der Waals surface area contributed by atoms with Crippen molar-refractivity contribution < 1.29 is 4.74 Å². The fourth-order valence-corrected chi connectivity index (χ4v) is 0.986. The molecule has 1 N–H and O–H groups in total. The van der Waals surface area contributed by atoms with Gasteiger partial charge >= 0.3 is 0 Å². The number of nitrogens with one attached hydrogen (secondary N) is 1. The van der Waals surface area contributed by atoms with Crippen molar-refractivity contribution >= 4 is 0 Å². The van der Waals surface area contributed by atoms with Crippen molar-refractivity contribution in [3.8, 4) is 5.75 Å². The molecule has 4 heteroatoms. The van der Waals surface area contributed by atoms with Crippen LogP contribution in [0.5, 0.6) is 5.75 Å². The molecule has 0 spiro atoms. The molecule has 1 unspecified atom stereocenters. The van der Waals surface area contributed by atoms with Gasteiger partial charge in [0.15, 0.2) is 0 Å². The van der Waals surface area contributed by atoms with Crippen LogP contribution >= 0.6 is 0 Å². The normalized spacial score (nSPS) is 12.5. The first-order valence-electron chi connectivity index (χ1n) is 4.32. The Bertz CT molecular complexity index is 333. The van der Waals surface area contributed by atoms with E-state index in [4.69, 9.17) is 4.74 Å². The number of hydrogen-bond acceptors (Lipinski definition) is 3. The van der Waals surface area contributed by atoms with Crippen molar-refractivity contribution in [2.75, 3.05) is 7.11 Å². The van der Waals surface area contributed by atoms with E-state index < -0.39 is 0 Å². The zero-order valence-electron chi connectivity index (χ0n) is 8.13. The molecule has 1 aromatic rings. The van der Waals surface area contributed by atoms with Gasteiger partial charge in [0.1, 0.15) is 5.82 Å². The highest BCUT2D eigenvalue weighted by Crippen LogP contribution is 2.12. The summed E-state index contributed by atoms with van der Waals surface area (Å²) in [6, 6.07) is 0. The van der Waals surface area contributed by atoms with Gasteiger partial charge in [-0.2, -0.15) is 0 Å². The maximum atomic E-state index is 11.3. The number of ether oxygens (including phenoxy) is 1. The summed E-state index contributed by atoms with van der Waals surface area (Å²) in [6.07, 6.45) is 2.41. The maximum Gasteiger partial charge on any atom is 0.293 e. The minimum atomic E-state index is -0.215. The summed E-state index contributed by atoms with van der Waals surface area (Å²) >= 11 is 0. The van der Waals surface area contributed by atoms with E-state index in [1.807, 2.05) is 6.92 Å². The summed E-state index contributed by atoms with van der Waals surface area (Å²) in [4.78, 5) is 18.1. The summed E-state index contributed by atoms with van der Waals surface area (Å²) in [7, 11) is 1.45. The smallest absolute Gasteiger partial charge is 0.293 e. The van der Waals surface area contributed by atoms with Crippen LogP contribution in [0.1, 0.15) is 32.0 Å². The van der Waals surface area contributed by atoms with Crippen LogP contribution in [0.15, 0.2) is 11.0 Å². The number of hydrogen-bond donors (Lipinski definition) is 1. The van der Waals surface area contributed by atoms with E-state index in [0.29, 0.717) is 5.82 Å². The summed E-state index contributed by atoms with van der Waals surface area (Å²) < 4.78 is 4.81. The monoisotopic (exact) mass is 182 g/mol. The van der Waals surface area contributed by atoms with Crippen LogP contribution in [0.25, 0.3) is 0 Å². The Labute approximate surface area is 77.0 Å². The van der Waals surface area contributed by atoms with Gasteiger partial charge in [0.05, 0.1) is 13.3 Å². The predicted molar refractivity (Wildman–Crippen MR) is 50.1 cm³/mol. The molecule has 0 bridgehead atoms. The quantitative estimate of drug-likeness (QED) is 0.766. The molecular weight excluding hydrogens is 168 g/mol. The minimum Gasteiger partial charge on any atom is -0.490 e. The topological polar surface area (TPSA) is 55.0 Å². The molecule has 13 heavy (non-hydrogen) atoms. The molecule has 1 heterocycles. The third-order valence-electron chi connectivity index (χ3n) is 2.09. The first-order valence-corrected chi connectivity index (χ1v) is 4.32. The van der Waals surface area contributed by atoms with Crippen molar-refractivity contribution in [3.63, 3.8) is 0 Å². The molecule has 0 aliphatic rings. The van der Waals surface area contributed by atoms with Crippen LogP contribution < -0.4 is 10.3 Å². The molecule has 0 saturated heterocycles. The third kappa shape index (κ3) is 2.08. The Hall–Kier alpha value is -1.32. The molecule has 0 amide bonds. The lowest BCUT2D eigenvalue weighted by Gasteiger charge is -2.07. The van der Waals surface area contributed by atoms with Crippen molar-refractivity contribution in [2.24, 2.45) is 0 Å². The Morgan fingerprint density at radius 2 is 2.38 bits per heavy atom. The summed E-state index contributed by atoms with van der Waals surface area (Å²) in [5, 5.41) is 0. The van der Waals surface area contributed by atoms with Gasteiger partial charge in [-0.1, -0.05) is 13.8 Å². The van der Waals surface area contributed by atoms with Crippen molar-refractivity contribution in [2.45, 2.75) is 26.2 Å². The van der Waals surface area contributed by atoms with Gasteiger partial charge in [0.2, 0.25) is 5.75 Å². The van der Waals surface area contributed by atoms with Gasteiger partial charge in [0, 0.05) is 5.92 Å². The molecule has 0 saturated carbocycles. The molecule has 1 atom stereocenters. The van der Waals surface area contributed by atoms with Crippen LogP contribution in [0.4, 0.5) is 0 Å². The SMILES string of the molecule is CCC(C)c1ncc(OC)c(=O)[nH]1. The predicted octanol–water partition coefficient (Wildman–Crippen LogP) is 1.29. The second-order valence-corrected chi connectivity index (χ2v) is 2.98. The molecular formula is C9H14N2O2. The van der Waals surface area contributed by atoms with Crippen molar-refractivity contribution in [1.29, 1.82) is 0 Å². The van der Waals surface area contributed by atoms with Crippen molar-refractivity contribution in [1.82, 2.24) is 9.97 Å². The highest BCUT2D eigenvalue weighted by molar-refractivity contribution is 5.13. The molecule has 0 aliphatic carbocycles. The molecule has 0 aliphatic heterocycles. The second-order valence-electron chi connectivity index (χ2n) is 2.98. The van der Waals surface area contributed by atoms with E-state index in [1.165, 1.54) is 13.3 Å². The fourth-order valence-electron chi connectivity index (χ4n) is 0.986. The first kappa shape index (κ1) is 9.77. The molecule has 72 valence electrons. The van der Waals surface area contributed by atoms with Gasteiger partial charge < -0.3 is 9.72 Å². The number of methoxy groups -OCH3 is 1. The van der Waals surface area contributed by atoms with E-state index >= 15 is 0 Å². The standard InChI is InChI=1S/C9H14N2O2/c1-4-6(2)8-10-5-7(13-3)9(12)11-8/h5-6H,4H2,1-3H3,(H,10,11,12). The Morgan fingerprint density at radius 3 is 2.85 bits per heavy atom. The second kappa shape index (κ2) is 4.07. The van der Waals surface area contributed by atoms with Gasteiger partial charge in [-0.25, -0.2) is 4.98 Å². The van der Waals surface area contributed by atoms with Crippen molar-refractivity contribution in [3.05, 3.63) is 22.4 Å². The molecule has 0 aromatic carbocycles. The Balaban J connectivity index is 3.03.